The fourth-order valence-electron chi connectivity index (χ4n) is 1.18. The van der Waals surface area contributed by atoms with Crippen LogP contribution in [0.4, 0.5) is 0 Å². The minimum atomic E-state index is -3.13. The number of carbonyl (C=O) groups is 2. The van der Waals surface area contributed by atoms with Crippen molar-refractivity contribution in [1.29, 1.82) is 0 Å². The SMILES string of the molecule is CS(=O)(=O)Cc1ccc(C(=O)C(=O)O)cc1. The van der Waals surface area contributed by atoms with E-state index in [9.17, 15) is 18.0 Å². The van der Waals surface area contributed by atoms with Crippen LogP contribution in [0, 0.1) is 0 Å². The second kappa shape index (κ2) is 4.44. The molecule has 0 saturated carbocycles. The minimum Gasteiger partial charge on any atom is -0.475 e. The zero-order valence-electron chi connectivity index (χ0n) is 8.50. The van der Waals surface area contributed by atoms with Gasteiger partial charge in [-0.25, -0.2) is 13.2 Å². The number of hydrogen-bond acceptors (Lipinski definition) is 4. The topological polar surface area (TPSA) is 88.5 Å². The zero-order chi connectivity index (χ0) is 12.3. The summed E-state index contributed by atoms with van der Waals surface area (Å²) in [6, 6.07) is 5.46. The van der Waals surface area contributed by atoms with E-state index < -0.39 is 21.6 Å². The molecule has 0 aliphatic heterocycles. The lowest BCUT2D eigenvalue weighted by Crippen LogP contribution is -2.12. The largest absolute Gasteiger partial charge is 0.475 e. The molecule has 0 radical (unpaired) electrons. The smallest absolute Gasteiger partial charge is 0.377 e. The highest BCUT2D eigenvalue weighted by Crippen LogP contribution is 2.08. The van der Waals surface area contributed by atoms with Gasteiger partial charge < -0.3 is 5.11 Å². The first-order valence-electron chi connectivity index (χ1n) is 4.34. The number of benzene rings is 1. The third-order valence-electron chi connectivity index (χ3n) is 1.84. The zero-order valence-corrected chi connectivity index (χ0v) is 9.32. The molecule has 0 unspecified atom stereocenters. The van der Waals surface area contributed by atoms with Gasteiger partial charge in [0.15, 0.2) is 9.84 Å². The second-order valence-corrected chi connectivity index (χ2v) is 5.54. The fraction of sp³-hybridized carbons (Fsp3) is 0.200. The standard InChI is InChI=1S/C10H10O5S/c1-16(14,15)6-7-2-4-8(5-3-7)9(11)10(12)13/h2-5H,6H2,1H3,(H,12,13). The Labute approximate surface area is 92.6 Å². The van der Waals surface area contributed by atoms with E-state index >= 15 is 0 Å². The van der Waals surface area contributed by atoms with E-state index in [0.717, 1.165) is 6.26 Å². The first-order chi connectivity index (χ1) is 7.29. The molecule has 0 aliphatic carbocycles. The molecule has 0 aliphatic rings. The Kier molecular flexibility index (Phi) is 3.44. The highest BCUT2D eigenvalue weighted by atomic mass is 32.2. The maximum atomic E-state index is 11.0. The monoisotopic (exact) mass is 242 g/mol. The van der Waals surface area contributed by atoms with Crippen LogP contribution in [0.15, 0.2) is 24.3 Å². The van der Waals surface area contributed by atoms with Crippen LogP contribution in [0.1, 0.15) is 15.9 Å². The summed E-state index contributed by atoms with van der Waals surface area (Å²) in [4.78, 5) is 21.4. The molecule has 1 aromatic carbocycles. The summed E-state index contributed by atoms with van der Waals surface area (Å²) in [5.74, 6) is -2.67. The van der Waals surface area contributed by atoms with Crippen LogP contribution in [0.5, 0.6) is 0 Å². The van der Waals surface area contributed by atoms with Crippen LogP contribution >= 0.6 is 0 Å². The van der Waals surface area contributed by atoms with Gasteiger partial charge in [-0.05, 0) is 5.56 Å². The maximum absolute atomic E-state index is 11.0. The Morgan fingerprint density at radius 1 is 1.19 bits per heavy atom. The number of ketones is 1. The Hall–Kier alpha value is -1.69. The first-order valence-corrected chi connectivity index (χ1v) is 6.40. The first kappa shape index (κ1) is 12.4. The van der Waals surface area contributed by atoms with Crippen molar-refractivity contribution in [3.05, 3.63) is 35.4 Å². The Morgan fingerprint density at radius 2 is 1.69 bits per heavy atom. The summed E-state index contributed by atoms with van der Waals surface area (Å²) in [6.07, 6.45) is 1.10. The van der Waals surface area contributed by atoms with Crippen molar-refractivity contribution in [3.63, 3.8) is 0 Å². The Balaban J connectivity index is 2.92. The van der Waals surface area contributed by atoms with E-state index in [0.29, 0.717) is 5.56 Å². The van der Waals surface area contributed by atoms with Gasteiger partial charge >= 0.3 is 5.97 Å². The van der Waals surface area contributed by atoms with Gasteiger partial charge in [-0.3, -0.25) is 4.79 Å². The molecule has 0 fully saturated rings. The molecule has 5 nitrogen and oxygen atoms in total. The van der Waals surface area contributed by atoms with Gasteiger partial charge in [-0.1, -0.05) is 24.3 Å². The van der Waals surface area contributed by atoms with Crippen LogP contribution in [0.3, 0.4) is 0 Å². The molecular weight excluding hydrogens is 232 g/mol. The van der Waals surface area contributed by atoms with Gasteiger partial charge in [0.2, 0.25) is 0 Å². The van der Waals surface area contributed by atoms with Crippen molar-refractivity contribution < 1.29 is 23.1 Å². The number of Topliss-reactive ketones (excluding diaryl/α,β-unsaturated/α-hetero) is 1. The Bertz CT molecular complexity index is 513. The summed E-state index contributed by atoms with van der Waals surface area (Å²) in [7, 11) is -3.13. The predicted molar refractivity (Wildman–Crippen MR) is 57.0 cm³/mol. The quantitative estimate of drug-likeness (QED) is 0.613. The third-order valence-corrected chi connectivity index (χ3v) is 2.70. The van der Waals surface area contributed by atoms with Crippen molar-refractivity contribution in [2.24, 2.45) is 0 Å². The lowest BCUT2D eigenvalue weighted by molar-refractivity contribution is -0.131. The molecule has 0 atom stereocenters. The van der Waals surface area contributed by atoms with Gasteiger partial charge in [0, 0.05) is 11.8 Å². The average molecular weight is 242 g/mol. The van der Waals surface area contributed by atoms with Crippen LogP contribution in [0.2, 0.25) is 0 Å². The number of carboxylic acids is 1. The molecule has 0 bridgehead atoms. The van der Waals surface area contributed by atoms with E-state index in [-0.39, 0.29) is 11.3 Å². The van der Waals surface area contributed by atoms with E-state index in [2.05, 4.69) is 0 Å². The van der Waals surface area contributed by atoms with Crippen LogP contribution < -0.4 is 0 Å². The predicted octanol–water partition coefficient (Wildman–Crippen LogP) is 0.499. The molecule has 1 aromatic rings. The van der Waals surface area contributed by atoms with E-state index in [1.54, 1.807) is 0 Å². The molecule has 0 heterocycles. The Morgan fingerprint density at radius 3 is 2.06 bits per heavy atom. The number of sulfone groups is 1. The second-order valence-electron chi connectivity index (χ2n) is 3.40. The highest BCUT2D eigenvalue weighted by molar-refractivity contribution is 7.89. The van der Waals surface area contributed by atoms with Crippen molar-refractivity contribution in [1.82, 2.24) is 0 Å². The van der Waals surface area contributed by atoms with E-state index in [4.69, 9.17) is 5.11 Å². The molecule has 16 heavy (non-hydrogen) atoms. The molecule has 0 amide bonds. The number of carboxylic acid groups (broad SMARTS) is 1. The van der Waals surface area contributed by atoms with Crippen molar-refractivity contribution >= 4 is 21.6 Å². The summed E-state index contributed by atoms with van der Waals surface area (Å²) in [6.45, 7) is 0. The minimum absolute atomic E-state index is 0.0322. The number of rotatable bonds is 4. The molecule has 1 rings (SSSR count). The molecular formula is C10H10O5S. The van der Waals surface area contributed by atoms with Crippen LogP contribution in [-0.4, -0.2) is 31.5 Å². The summed E-state index contributed by atoms with van der Waals surface area (Å²) in [5, 5.41) is 8.45. The van der Waals surface area contributed by atoms with Gasteiger partial charge in [-0.2, -0.15) is 0 Å². The summed E-state index contributed by atoms with van der Waals surface area (Å²) in [5.41, 5.74) is 0.550. The van der Waals surface area contributed by atoms with Gasteiger partial charge in [-0.15, -0.1) is 0 Å². The third kappa shape index (κ3) is 3.47. The maximum Gasteiger partial charge on any atom is 0.377 e. The molecule has 0 aromatic heterocycles. The van der Waals surface area contributed by atoms with E-state index in [1.807, 2.05) is 0 Å². The normalized spacial score (nSPS) is 11.1. The van der Waals surface area contributed by atoms with Crippen molar-refractivity contribution in [3.8, 4) is 0 Å². The van der Waals surface area contributed by atoms with Crippen LogP contribution in [0.25, 0.3) is 0 Å². The van der Waals surface area contributed by atoms with Crippen LogP contribution in [-0.2, 0) is 20.4 Å². The average Bonchev–Trinajstić information content (AvgIpc) is 2.15. The summed E-state index contributed by atoms with van der Waals surface area (Å²) >= 11 is 0. The van der Waals surface area contributed by atoms with E-state index in [1.165, 1.54) is 24.3 Å². The van der Waals surface area contributed by atoms with Crippen molar-refractivity contribution in [2.75, 3.05) is 6.26 Å². The molecule has 1 N–H and O–H groups in total. The number of carbonyl (C=O) groups excluding carboxylic acids is 1. The molecule has 0 spiro atoms. The number of hydrogen-bond donors (Lipinski definition) is 1. The van der Waals surface area contributed by atoms with Crippen molar-refractivity contribution in [2.45, 2.75) is 5.75 Å². The highest BCUT2D eigenvalue weighted by Gasteiger charge is 2.14. The lowest BCUT2D eigenvalue weighted by atomic mass is 10.1. The summed E-state index contributed by atoms with van der Waals surface area (Å²) < 4.78 is 21.9. The fourth-order valence-corrected chi connectivity index (χ4v) is 1.98. The number of aliphatic carboxylic acids is 1. The lowest BCUT2D eigenvalue weighted by Gasteiger charge is -2.00. The van der Waals surface area contributed by atoms with Gasteiger partial charge in [0.05, 0.1) is 5.75 Å². The van der Waals surface area contributed by atoms with Gasteiger partial charge in [0.1, 0.15) is 0 Å². The molecule has 0 saturated heterocycles. The molecule has 86 valence electrons. The molecule has 6 heteroatoms. The van der Waals surface area contributed by atoms with Gasteiger partial charge in [0.25, 0.3) is 5.78 Å².